The van der Waals surface area contributed by atoms with Gasteiger partial charge in [-0.1, -0.05) is 0 Å². The molecule has 0 spiro atoms. The summed E-state index contributed by atoms with van der Waals surface area (Å²) in [6.45, 7) is 2.09. The summed E-state index contributed by atoms with van der Waals surface area (Å²) in [5, 5.41) is 0. The van der Waals surface area contributed by atoms with Gasteiger partial charge in [0.1, 0.15) is 0 Å². The molecule has 0 saturated carbocycles. The molecule has 0 fully saturated rings. The van der Waals surface area contributed by atoms with Crippen molar-refractivity contribution in [2.24, 2.45) is 0 Å². The van der Waals surface area contributed by atoms with Crippen LogP contribution in [0.2, 0.25) is 0 Å². The Labute approximate surface area is 51.6 Å². The Morgan fingerprint density at radius 3 is 2.75 bits per heavy atom. The molecule has 38 valence electrons. The molecule has 1 aliphatic rings. The Morgan fingerprint density at radius 1 is 1.62 bits per heavy atom. The van der Waals surface area contributed by atoms with Gasteiger partial charge in [0.15, 0.2) is 0 Å². The number of allylic oxidation sites excluding steroid dienone is 2. The average molecular weight is 102 g/mol. The second kappa shape index (κ2) is 2.17. The van der Waals surface area contributed by atoms with E-state index in [1.165, 1.54) is 5.57 Å². The second-order valence-corrected chi connectivity index (χ2v) is 2.05. The zero-order valence-electron chi connectivity index (χ0n) is 5.15. The van der Waals surface area contributed by atoms with Crippen molar-refractivity contribution in [2.45, 2.75) is 6.92 Å². The van der Waals surface area contributed by atoms with Crippen molar-refractivity contribution in [3.05, 3.63) is 23.6 Å². The van der Waals surface area contributed by atoms with Gasteiger partial charge in [-0.25, -0.2) is 0 Å². The Balaban J connectivity index is 2.78. The first-order valence-corrected chi connectivity index (χ1v) is 2.83. The maximum absolute atomic E-state index is 3.84. The molecule has 0 N–H and O–H groups in total. The summed E-state index contributed by atoms with van der Waals surface area (Å²) >= 11 is 0. The van der Waals surface area contributed by atoms with Gasteiger partial charge >= 0.3 is 50.8 Å². The molecular weight excluding hydrogens is 93.7 g/mol. The third-order valence-corrected chi connectivity index (χ3v) is 1.39. The summed E-state index contributed by atoms with van der Waals surface area (Å²) in [5.41, 5.74) is 2.46. The van der Waals surface area contributed by atoms with E-state index in [0.717, 1.165) is 12.7 Å². The van der Waals surface area contributed by atoms with Crippen LogP contribution in [0.3, 0.4) is 0 Å². The Bertz CT molecular complexity index is 165. The van der Waals surface area contributed by atoms with Crippen LogP contribution >= 0.6 is 0 Å². The van der Waals surface area contributed by atoms with Crippen LogP contribution in [0.4, 0.5) is 0 Å². The van der Waals surface area contributed by atoms with Crippen molar-refractivity contribution in [3.8, 4) is 0 Å². The molecule has 0 atom stereocenters. The molecule has 0 saturated heterocycles. The molecule has 0 amide bonds. The van der Waals surface area contributed by atoms with Crippen molar-refractivity contribution in [1.82, 2.24) is 0 Å². The van der Waals surface area contributed by atoms with E-state index in [4.69, 9.17) is 0 Å². The third kappa shape index (κ3) is 1.00. The third-order valence-electron chi connectivity index (χ3n) is 1.39. The zero-order valence-corrected chi connectivity index (χ0v) is 5.15. The molecule has 1 rings (SSSR count). The normalized spacial score (nSPS) is 17.5. The Morgan fingerprint density at radius 2 is 2.38 bits per heavy atom. The molecule has 1 heterocycles. The van der Waals surface area contributed by atoms with Crippen molar-refractivity contribution < 1.29 is 0 Å². The van der Waals surface area contributed by atoms with E-state index in [2.05, 4.69) is 32.4 Å². The zero-order chi connectivity index (χ0) is 5.98. The van der Waals surface area contributed by atoms with E-state index in [0.29, 0.717) is 0 Å². The maximum atomic E-state index is 3.84. The SMILES string of the molecule is B=C1C=CBC=C1C. The van der Waals surface area contributed by atoms with E-state index in [-0.39, 0.29) is 0 Å². The van der Waals surface area contributed by atoms with E-state index < -0.39 is 0 Å². The molecule has 0 unspecified atom stereocenters. The van der Waals surface area contributed by atoms with Crippen LogP contribution in [0, 0.1) is 0 Å². The molecule has 1 aliphatic heterocycles. The van der Waals surface area contributed by atoms with Crippen molar-refractivity contribution in [3.63, 3.8) is 0 Å². The van der Waals surface area contributed by atoms with Gasteiger partial charge in [-0.15, -0.1) is 0 Å². The van der Waals surface area contributed by atoms with Crippen LogP contribution in [0.25, 0.3) is 0 Å². The standard InChI is InChI=1S/C6H8B2/c1-5-4-8-3-2-6(5)7/h2-4,7-8H,1H3. The fraction of sp³-hybridized carbons (Fsp3) is 0.167. The summed E-state index contributed by atoms with van der Waals surface area (Å²) in [4.78, 5) is 0. The average Bonchev–Trinajstić information content (AvgIpc) is 1.77. The summed E-state index contributed by atoms with van der Waals surface area (Å²) in [6, 6.07) is 0. The van der Waals surface area contributed by atoms with E-state index >= 15 is 0 Å². The fourth-order valence-electron chi connectivity index (χ4n) is 0.718. The molecule has 8 heavy (non-hydrogen) atoms. The van der Waals surface area contributed by atoms with Crippen LogP contribution < -0.4 is 0 Å². The number of hydrogen-bond acceptors (Lipinski definition) is 0. The quantitative estimate of drug-likeness (QED) is 0.375. The molecule has 0 nitrogen and oxygen atoms in total. The summed E-state index contributed by atoms with van der Waals surface area (Å²) < 4.78 is 0. The number of hydrogen-bond donors (Lipinski definition) is 0. The van der Waals surface area contributed by atoms with E-state index in [1.807, 2.05) is 0 Å². The molecule has 0 aliphatic carbocycles. The first kappa shape index (κ1) is 5.61. The Kier molecular flexibility index (Phi) is 1.52. The van der Waals surface area contributed by atoms with Gasteiger partial charge in [0.2, 0.25) is 0 Å². The topological polar surface area (TPSA) is 0 Å². The number of rotatable bonds is 0. The predicted octanol–water partition coefficient (Wildman–Crippen LogP) is -0.0728. The summed E-state index contributed by atoms with van der Waals surface area (Å²) in [6.07, 6.45) is 2.06. The minimum atomic E-state index is 1.07. The van der Waals surface area contributed by atoms with Crippen LogP contribution in [-0.4, -0.2) is 20.2 Å². The fourth-order valence-corrected chi connectivity index (χ4v) is 0.718. The first-order valence-electron chi connectivity index (χ1n) is 2.83. The molecule has 0 aromatic heterocycles. The first-order chi connectivity index (χ1) is 3.80. The van der Waals surface area contributed by atoms with Gasteiger partial charge < -0.3 is 0 Å². The molecule has 0 aromatic rings. The molecule has 0 radical (unpaired) electrons. The van der Waals surface area contributed by atoms with Gasteiger partial charge in [-0.2, -0.15) is 0 Å². The monoisotopic (exact) mass is 102 g/mol. The molecule has 2 heteroatoms. The van der Waals surface area contributed by atoms with E-state index in [9.17, 15) is 0 Å². The van der Waals surface area contributed by atoms with Gasteiger partial charge in [0, 0.05) is 0 Å². The van der Waals surface area contributed by atoms with Crippen molar-refractivity contribution in [1.29, 1.82) is 0 Å². The van der Waals surface area contributed by atoms with Gasteiger partial charge in [0.25, 0.3) is 0 Å². The van der Waals surface area contributed by atoms with Crippen molar-refractivity contribution >= 4 is 20.2 Å². The van der Waals surface area contributed by atoms with Gasteiger partial charge in [0.05, 0.1) is 0 Å². The Hall–Kier alpha value is -0.520. The van der Waals surface area contributed by atoms with E-state index in [1.54, 1.807) is 0 Å². The minimum absolute atomic E-state index is 1.07. The second-order valence-electron chi connectivity index (χ2n) is 2.05. The molecule has 0 bridgehead atoms. The summed E-state index contributed by atoms with van der Waals surface area (Å²) in [7, 11) is 4.91. The van der Waals surface area contributed by atoms with Gasteiger partial charge in [-0.3, -0.25) is 0 Å². The van der Waals surface area contributed by atoms with Crippen LogP contribution in [0.15, 0.2) is 23.6 Å². The molecular formula is C6H8B2. The van der Waals surface area contributed by atoms with Gasteiger partial charge in [-0.05, 0) is 0 Å². The predicted molar refractivity (Wildman–Crippen MR) is 42.2 cm³/mol. The van der Waals surface area contributed by atoms with Crippen LogP contribution in [0.5, 0.6) is 0 Å². The van der Waals surface area contributed by atoms with Crippen molar-refractivity contribution in [2.75, 3.05) is 0 Å². The van der Waals surface area contributed by atoms with Crippen LogP contribution in [0.1, 0.15) is 6.92 Å². The summed E-state index contributed by atoms with van der Waals surface area (Å²) in [5.74, 6) is 4.30. The molecule has 0 aromatic carbocycles. The van der Waals surface area contributed by atoms with Crippen LogP contribution in [-0.2, 0) is 0 Å².